The maximum Gasteiger partial charge on any atom is 0.490 e. The van der Waals surface area contributed by atoms with Crippen LogP contribution in [0.5, 0.6) is 0 Å². The lowest BCUT2D eigenvalue weighted by atomic mass is 9.76. The van der Waals surface area contributed by atoms with E-state index >= 15 is 0 Å². The fourth-order valence-corrected chi connectivity index (χ4v) is 3.14. The Morgan fingerprint density at radius 3 is 1.62 bits per heavy atom. The smallest absolute Gasteiger partial charge is 0.475 e. The Morgan fingerprint density at radius 2 is 1.31 bits per heavy atom. The van der Waals surface area contributed by atoms with Crippen LogP contribution in [0.15, 0.2) is 18.5 Å². The molecule has 182 valence electrons. The second-order valence-electron chi connectivity index (χ2n) is 6.85. The Kier molecular flexibility index (Phi) is 9.63. The molecule has 0 unspecified atom stereocenters. The maximum atomic E-state index is 10.6. The van der Waals surface area contributed by atoms with Crippen LogP contribution in [0, 0.1) is 0 Å². The van der Waals surface area contributed by atoms with Gasteiger partial charge >= 0.3 is 24.3 Å². The third kappa shape index (κ3) is 8.11. The average Bonchev–Trinajstić information content (AvgIpc) is 2.68. The van der Waals surface area contributed by atoms with E-state index in [4.69, 9.17) is 24.9 Å². The Hall–Kier alpha value is -2.68. The number of aliphatic carboxylic acids is 2. The summed E-state index contributed by atoms with van der Waals surface area (Å²) in [5, 5.41) is 23.2. The molecule has 0 aromatic carbocycles. The van der Waals surface area contributed by atoms with Crippen LogP contribution in [0.1, 0.15) is 19.3 Å². The number of alkyl halides is 6. The number of carboxylic acids is 2. The van der Waals surface area contributed by atoms with Gasteiger partial charge in [0.05, 0.1) is 6.61 Å². The normalized spacial score (nSPS) is 17.9. The fourth-order valence-electron chi connectivity index (χ4n) is 3.14. The highest BCUT2D eigenvalue weighted by Crippen LogP contribution is 2.41. The predicted molar refractivity (Wildman–Crippen MR) is 96.9 cm³/mol. The number of carbonyl (C=O) groups is 2. The van der Waals surface area contributed by atoms with Crippen molar-refractivity contribution in [2.45, 2.75) is 37.2 Å². The Morgan fingerprint density at radius 1 is 0.906 bits per heavy atom. The summed E-state index contributed by atoms with van der Waals surface area (Å²) in [6.45, 7) is 4.29. The van der Waals surface area contributed by atoms with Crippen LogP contribution in [0.3, 0.4) is 0 Å². The molecule has 2 fully saturated rings. The molecule has 3 rings (SSSR count). The molecule has 2 aliphatic heterocycles. The van der Waals surface area contributed by atoms with Crippen LogP contribution < -0.4 is 4.90 Å². The topological polar surface area (TPSA) is 127 Å². The first-order chi connectivity index (χ1) is 14.7. The van der Waals surface area contributed by atoms with Crippen molar-refractivity contribution < 1.29 is 51.3 Å². The molecule has 1 aromatic heterocycles. The third-order valence-corrected chi connectivity index (χ3v) is 4.85. The zero-order valence-electron chi connectivity index (χ0n) is 16.6. The highest BCUT2D eigenvalue weighted by Gasteiger charge is 2.47. The number of anilines is 1. The molecule has 15 heteroatoms. The fraction of sp³-hybridized carbons (Fsp3) is 0.647. The summed E-state index contributed by atoms with van der Waals surface area (Å²) < 4.78 is 63.5. The van der Waals surface area contributed by atoms with E-state index in [9.17, 15) is 26.3 Å². The summed E-state index contributed by atoms with van der Waals surface area (Å²) in [5.41, 5.74) is 0.285. The van der Waals surface area contributed by atoms with Crippen molar-refractivity contribution in [2.24, 2.45) is 0 Å². The predicted octanol–water partition coefficient (Wildman–Crippen LogP) is 1.78. The van der Waals surface area contributed by atoms with Gasteiger partial charge in [0.1, 0.15) is 0 Å². The zero-order chi connectivity index (χ0) is 24.6. The highest BCUT2D eigenvalue weighted by atomic mass is 19.4. The quantitative estimate of drug-likeness (QED) is 0.560. The first-order valence-electron chi connectivity index (χ1n) is 9.21. The lowest BCUT2D eigenvalue weighted by Gasteiger charge is -2.56. The van der Waals surface area contributed by atoms with Gasteiger partial charge in [-0.15, -0.1) is 0 Å². The molecule has 2 saturated heterocycles. The average molecular weight is 476 g/mol. The minimum absolute atomic E-state index is 0.262. The van der Waals surface area contributed by atoms with Crippen molar-refractivity contribution in [3.8, 4) is 0 Å². The molecule has 0 atom stereocenters. The van der Waals surface area contributed by atoms with Gasteiger partial charge in [-0.2, -0.15) is 26.3 Å². The molecule has 1 spiro atoms. The largest absolute Gasteiger partial charge is 0.490 e. The summed E-state index contributed by atoms with van der Waals surface area (Å²) in [4.78, 5) is 31.2. The summed E-state index contributed by atoms with van der Waals surface area (Å²) >= 11 is 0. The van der Waals surface area contributed by atoms with Crippen molar-refractivity contribution >= 4 is 17.9 Å². The van der Waals surface area contributed by atoms with E-state index in [1.54, 1.807) is 0 Å². The van der Waals surface area contributed by atoms with E-state index in [0.717, 1.165) is 45.0 Å². The minimum atomic E-state index is -5.08. The van der Waals surface area contributed by atoms with Crippen molar-refractivity contribution in [3.05, 3.63) is 18.5 Å². The molecular weight excluding hydrogens is 454 g/mol. The van der Waals surface area contributed by atoms with Crippen molar-refractivity contribution in [3.63, 3.8) is 0 Å². The maximum absolute atomic E-state index is 10.6. The van der Waals surface area contributed by atoms with E-state index in [1.807, 2.05) is 18.5 Å². The van der Waals surface area contributed by atoms with E-state index in [1.165, 1.54) is 6.42 Å². The summed E-state index contributed by atoms with van der Waals surface area (Å²) in [6, 6.07) is 1.86. The number of carboxylic acid groups (broad SMARTS) is 2. The monoisotopic (exact) mass is 476 g/mol. The van der Waals surface area contributed by atoms with Crippen LogP contribution in [0.25, 0.3) is 0 Å². The number of hydrogen-bond donors (Lipinski definition) is 3. The van der Waals surface area contributed by atoms with Gasteiger partial charge < -0.3 is 25.1 Å². The zero-order valence-corrected chi connectivity index (χ0v) is 16.6. The number of nitrogens with zero attached hydrogens (tertiary/aromatic N) is 4. The van der Waals surface area contributed by atoms with E-state index in [0.29, 0.717) is 0 Å². The molecule has 3 N–H and O–H groups in total. The van der Waals surface area contributed by atoms with Gasteiger partial charge in [-0.1, -0.05) is 0 Å². The van der Waals surface area contributed by atoms with Crippen LogP contribution >= 0.6 is 0 Å². The molecule has 0 saturated carbocycles. The van der Waals surface area contributed by atoms with Crippen molar-refractivity contribution in [1.82, 2.24) is 14.9 Å². The summed E-state index contributed by atoms with van der Waals surface area (Å²) in [6.07, 6.45) is -2.97. The van der Waals surface area contributed by atoms with Crippen LogP contribution in [0.2, 0.25) is 0 Å². The number of aromatic nitrogens is 2. The van der Waals surface area contributed by atoms with Crippen LogP contribution in [-0.2, 0) is 9.59 Å². The second-order valence-corrected chi connectivity index (χ2v) is 6.85. The number of halogens is 6. The Labute approximate surface area is 178 Å². The summed E-state index contributed by atoms with van der Waals surface area (Å²) in [5.74, 6) is -4.64. The molecule has 2 aliphatic rings. The molecule has 1 aromatic rings. The van der Waals surface area contributed by atoms with E-state index < -0.39 is 24.3 Å². The SMILES string of the molecule is O=C(O)C(F)(F)F.O=C(O)C(F)(F)F.OCCN1CCC2(CC1)CCN2c1ncccn1. The lowest BCUT2D eigenvalue weighted by molar-refractivity contribution is -0.193. The molecule has 0 aliphatic carbocycles. The van der Waals surface area contributed by atoms with Gasteiger partial charge in [-0.05, 0) is 25.3 Å². The minimum Gasteiger partial charge on any atom is -0.475 e. The molecule has 3 heterocycles. The molecule has 32 heavy (non-hydrogen) atoms. The number of piperidine rings is 1. The van der Waals surface area contributed by atoms with E-state index in [-0.39, 0.29) is 12.1 Å². The number of hydrogen-bond acceptors (Lipinski definition) is 7. The van der Waals surface area contributed by atoms with Crippen molar-refractivity contribution in [2.75, 3.05) is 37.7 Å². The Bertz CT molecular complexity index is 715. The number of β-amino-alcohol motifs (C(OH)–C–C–N with tert-alkyl or cyclic N) is 1. The number of aliphatic hydroxyl groups is 1. The van der Waals surface area contributed by atoms with Gasteiger partial charge in [0.25, 0.3) is 0 Å². The van der Waals surface area contributed by atoms with Gasteiger partial charge in [0.15, 0.2) is 0 Å². The number of aliphatic hydroxyl groups excluding tert-OH is 1. The van der Waals surface area contributed by atoms with Gasteiger partial charge in [-0.3, -0.25) is 0 Å². The van der Waals surface area contributed by atoms with Gasteiger partial charge in [0.2, 0.25) is 5.95 Å². The molecule has 0 bridgehead atoms. The molecular formula is C17H22F6N4O5. The molecule has 0 radical (unpaired) electrons. The molecule has 0 amide bonds. The third-order valence-electron chi connectivity index (χ3n) is 4.85. The van der Waals surface area contributed by atoms with E-state index in [2.05, 4.69) is 19.8 Å². The number of likely N-dealkylation sites (tertiary alicyclic amines) is 1. The first kappa shape index (κ1) is 27.4. The first-order valence-corrected chi connectivity index (χ1v) is 9.21. The molecule has 9 nitrogen and oxygen atoms in total. The van der Waals surface area contributed by atoms with Crippen molar-refractivity contribution in [1.29, 1.82) is 0 Å². The van der Waals surface area contributed by atoms with Gasteiger partial charge in [0, 0.05) is 44.1 Å². The lowest BCUT2D eigenvalue weighted by Crippen LogP contribution is -2.65. The standard InChI is InChI=1S/C13H20N4O.2C2HF3O2/c18-11-10-16-7-2-13(3-8-16)4-9-17(13)12-14-5-1-6-15-12;2*3-2(4,5)1(6)7/h1,5-6,18H,2-4,7-11H2;2*(H,6,7). The highest BCUT2D eigenvalue weighted by molar-refractivity contribution is 5.73. The second kappa shape index (κ2) is 11.3. The van der Waals surface area contributed by atoms with Crippen LogP contribution in [0.4, 0.5) is 32.3 Å². The Balaban J connectivity index is 0.000000305. The van der Waals surface area contributed by atoms with Crippen LogP contribution in [-0.4, -0.2) is 92.8 Å². The summed E-state index contributed by atoms with van der Waals surface area (Å²) in [7, 11) is 0. The van der Waals surface area contributed by atoms with Gasteiger partial charge in [-0.25, -0.2) is 19.6 Å². The number of rotatable bonds is 3.